The van der Waals surface area contributed by atoms with E-state index in [0.29, 0.717) is 6.20 Å². The minimum absolute atomic E-state index is 0.264. The van der Waals surface area contributed by atoms with Gasteiger partial charge in [0.15, 0.2) is 5.69 Å². The molecule has 0 spiro atoms. The van der Waals surface area contributed by atoms with Crippen LogP contribution in [0.2, 0.25) is 0 Å². The molecule has 0 N–H and O–H groups in total. The van der Waals surface area contributed by atoms with Crippen LogP contribution in [0.1, 0.15) is 23.2 Å². The summed E-state index contributed by atoms with van der Waals surface area (Å²) in [6.07, 6.45) is -8.34. The highest BCUT2D eigenvalue weighted by Gasteiger charge is 2.39. The van der Waals surface area contributed by atoms with Crippen molar-refractivity contribution in [2.45, 2.75) is 19.0 Å². The fourth-order valence-electron chi connectivity index (χ4n) is 1.44. The van der Waals surface area contributed by atoms with Gasteiger partial charge in [0.2, 0.25) is 0 Å². The van der Waals surface area contributed by atoms with Gasteiger partial charge < -0.3 is 4.74 Å². The summed E-state index contributed by atoms with van der Waals surface area (Å²) in [5.41, 5.74) is -3.48. The molecule has 0 saturated heterocycles. The molecule has 1 aromatic rings. The molecule has 0 atom stereocenters. The maximum atomic E-state index is 12.8. The molecule has 0 amide bonds. The lowest BCUT2D eigenvalue weighted by Crippen LogP contribution is -2.15. The van der Waals surface area contributed by atoms with Crippen molar-refractivity contribution in [1.29, 1.82) is 5.26 Å². The Balaban J connectivity index is 3.58. The number of hydrogen-bond acceptors (Lipinski definition) is 3. The van der Waals surface area contributed by atoms with Gasteiger partial charge in [-0.2, -0.15) is 18.4 Å². The molecule has 0 radical (unpaired) electrons. The van der Waals surface area contributed by atoms with Crippen molar-refractivity contribution in [3.8, 4) is 11.8 Å². The van der Waals surface area contributed by atoms with E-state index in [2.05, 4.69) is 9.72 Å². The Morgan fingerprint density at radius 2 is 2.06 bits per heavy atom. The molecule has 0 aliphatic carbocycles. The van der Waals surface area contributed by atoms with E-state index < -0.39 is 35.8 Å². The van der Waals surface area contributed by atoms with Gasteiger partial charge in [0.25, 0.3) is 6.43 Å². The summed E-state index contributed by atoms with van der Waals surface area (Å²) in [6.45, 7) is 0. The largest absolute Gasteiger partial charge is 0.495 e. The Labute approximate surface area is 98.8 Å². The van der Waals surface area contributed by atoms with Crippen LogP contribution in [0.5, 0.6) is 5.75 Å². The number of ether oxygens (including phenoxy) is 1. The molecule has 0 saturated carbocycles. The second kappa shape index (κ2) is 5.16. The van der Waals surface area contributed by atoms with E-state index in [1.807, 2.05) is 0 Å². The van der Waals surface area contributed by atoms with Crippen molar-refractivity contribution in [1.82, 2.24) is 4.98 Å². The molecule has 0 fully saturated rings. The van der Waals surface area contributed by atoms with E-state index in [9.17, 15) is 22.0 Å². The SMILES string of the molecule is COc1cnc(C(F)(F)F)c(C(F)F)c1CC#N. The van der Waals surface area contributed by atoms with Crippen molar-refractivity contribution < 1.29 is 26.7 Å². The van der Waals surface area contributed by atoms with Gasteiger partial charge in [-0.1, -0.05) is 0 Å². The van der Waals surface area contributed by atoms with E-state index in [1.54, 1.807) is 0 Å². The minimum atomic E-state index is -5.01. The number of halogens is 5. The first kappa shape index (κ1) is 14.2. The molecule has 1 heterocycles. The Hall–Kier alpha value is -1.91. The van der Waals surface area contributed by atoms with Gasteiger partial charge in [0, 0.05) is 5.56 Å². The highest BCUT2D eigenvalue weighted by atomic mass is 19.4. The van der Waals surface area contributed by atoms with Crippen molar-refractivity contribution in [3.05, 3.63) is 23.0 Å². The fraction of sp³-hybridized carbons (Fsp3) is 0.400. The number of aromatic nitrogens is 1. The molecule has 1 rings (SSSR count). The molecule has 0 unspecified atom stereocenters. The van der Waals surface area contributed by atoms with Crippen molar-refractivity contribution in [2.75, 3.05) is 7.11 Å². The Morgan fingerprint density at radius 1 is 1.44 bits per heavy atom. The third-order valence-corrected chi connectivity index (χ3v) is 2.15. The van der Waals surface area contributed by atoms with Crippen LogP contribution in [0, 0.1) is 11.3 Å². The highest BCUT2D eigenvalue weighted by molar-refractivity contribution is 5.44. The van der Waals surface area contributed by atoms with Crippen LogP contribution in [0.15, 0.2) is 6.20 Å². The quantitative estimate of drug-likeness (QED) is 0.789. The van der Waals surface area contributed by atoms with Crippen molar-refractivity contribution >= 4 is 0 Å². The van der Waals surface area contributed by atoms with Crippen LogP contribution in [0.4, 0.5) is 22.0 Å². The Morgan fingerprint density at radius 3 is 2.44 bits per heavy atom. The number of pyridine rings is 1. The summed E-state index contributed by atoms with van der Waals surface area (Å²) in [4.78, 5) is 2.95. The van der Waals surface area contributed by atoms with Gasteiger partial charge in [0.1, 0.15) is 5.75 Å². The van der Waals surface area contributed by atoms with Crippen molar-refractivity contribution in [2.24, 2.45) is 0 Å². The minimum Gasteiger partial charge on any atom is -0.495 e. The number of methoxy groups -OCH3 is 1. The summed E-state index contributed by atoms with van der Waals surface area (Å²) in [5, 5.41) is 8.49. The second-order valence-electron chi connectivity index (χ2n) is 3.20. The van der Waals surface area contributed by atoms with E-state index in [1.165, 1.54) is 6.07 Å². The maximum Gasteiger partial charge on any atom is 0.433 e. The van der Waals surface area contributed by atoms with Gasteiger partial charge >= 0.3 is 6.18 Å². The zero-order chi connectivity index (χ0) is 13.9. The van der Waals surface area contributed by atoms with Crippen LogP contribution >= 0.6 is 0 Å². The average molecular weight is 266 g/mol. The zero-order valence-corrected chi connectivity index (χ0v) is 9.05. The van der Waals surface area contributed by atoms with E-state index >= 15 is 0 Å². The topological polar surface area (TPSA) is 45.9 Å². The highest BCUT2D eigenvalue weighted by Crippen LogP contribution is 2.39. The first-order valence-electron chi connectivity index (χ1n) is 4.61. The smallest absolute Gasteiger partial charge is 0.433 e. The average Bonchev–Trinajstić information content (AvgIpc) is 2.27. The van der Waals surface area contributed by atoms with Crippen LogP contribution in [0.3, 0.4) is 0 Å². The lowest BCUT2D eigenvalue weighted by atomic mass is 10.0. The summed E-state index contributed by atoms with van der Waals surface area (Å²) in [6, 6.07) is 1.52. The Bertz CT molecular complexity index is 478. The third kappa shape index (κ3) is 2.67. The molecule has 8 heteroatoms. The molecular formula is C10H7F5N2O. The zero-order valence-electron chi connectivity index (χ0n) is 9.05. The molecule has 18 heavy (non-hydrogen) atoms. The molecular weight excluding hydrogens is 259 g/mol. The van der Waals surface area contributed by atoms with Gasteiger partial charge in [-0.15, -0.1) is 0 Å². The van der Waals surface area contributed by atoms with Gasteiger partial charge in [-0.25, -0.2) is 13.8 Å². The number of rotatable bonds is 3. The second-order valence-corrected chi connectivity index (χ2v) is 3.20. The molecule has 3 nitrogen and oxygen atoms in total. The molecule has 0 aliphatic heterocycles. The van der Waals surface area contributed by atoms with Crippen LogP contribution in [-0.4, -0.2) is 12.1 Å². The summed E-state index contributed by atoms with van der Waals surface area (Å²) >= 11 is 0. The summed E-state index contributed by atoms with van der Waals surface area (Å²) in [7, 11) is 1.10. The molecule has 98 valence electrons. The van der Waals surface area contributed by atoms with E-state index in [4.69, 9.17) is 5.26 Å². The first-order chi connectivity index (χ1) is 8.32. The Kier molecular flexibility index (Phi) is 4.06. The van der Waals surface area contributed by atoms with E-state index in [-0.39, 0.29) is 5.75 Å². The molecule has 0 bridgehead atoms. The first-order valence-corrected chi connectivity index (χ1v) is 4.61. The predicted octanol–water partition coefficient (Wildman–Crippen LogP) is 3.11. The molecule has 0 aliphatic rings. The molecule has 1 aromatic heterocycles. The van der Waals surface area contributed by atoms with Gasteiger partial charge in [-0.3, -0.25) is 0 Å². The lowest BCUT2D eigenvalue weighted by Gasteiger charge is -2.16. The van der Waals surface area contributed by atoms with Crippen LogP contribution < -0.4 is 4.74 Å². The van der Waals surface area contributed by atoms with Gasteiger partial charge in [0.05, 0.1) is 31.4 Å². The van der Waals surface area contributed by atoms with Crippen LogP contribution in [-0.2, 0) is 12.6 Å². The maximum absolute atomic E-state index is 12.8. The predicted molar refractivity (Wildman–Crippen MR) is 50.1 cm³/mol. The number of hydrogen-bond donors (Lipinski definition) is 0. The van der Waals surface area contributed by atoms with E-state index in [0.717, 1.165) is 7.11 Å². The number of nitrogens with zero attached hydrogens (tertiary/aromatic N) is 2. The number of alkyl halides is 5. The summed E-state index contributed by atoms with van der Waals surface area (Å²) in [5.74, 6) is -0.264. The summed E-state index contributed by atoms with van der Waals surface area (Å²) < 4.78 is 67.8. The number of nitriles is 1. The van der Waals surface area contributed by atoms with Gasteiger partial charge in [-0.05, 0) is 0 Å². The normalized spacial score (nSPS) is 11.4. The van der Waals surface area contributed by atoms with Crippen molar-refractivity contribution in [3.63, 3.8) is 0 Å². The third-order valence-electron chi connectivity index (χ3n) is 2.15. The monoisotopic (exact) mass is 266 g/mol. The van der Waals surface area contributed by atoms with Crippen LogP contribution in [0.25, 0.3) is 0 Å². The standard InChI is InChI=1S/C10H7F5N2O/c1-18-6-4-17-8(10(13,14)15)7(9(11)12)5(6)2-3-16/h4,9H,2H2,1H3. The lowest BCUT2D eigenvalue weighted by molar-refractivity contribution is -0.143. The fourth-order valence-corrected chi connectivity index (χ4v) is 1.44. The molecule has 0 aromatic carbocycles.